The number of carbonyl (C=O) groups excluding carboxylic acids is 1. The highest BCUT2D eigenvalue weighted by Crippen LogP contribution is 2.35. The summed E-state index contributed by atoms with van der Waals surface area (Å²) in [7, 11) is 0. The molecule has 0 saturated carbocycles. The minimum absolute atomic E-state index is 0.00193. The highest BCUT2D eigenvalue weighted by atomic mass is 35.5. The van der Waals surface area contributed by atoms with Crippen LogP contribution in [-0.4, -0.2) is 36.5 Å². The number of carbonyl (C=O) groups is 1. The van der Waals surface area contributed by atoms with E-state index >= 15 is 0 Å². The minimum Gasteiger partial charge on any atom is -0.365 e. The molecule has 0 aromatic heterocycles. The summed E-state index contributed by atoms with van der Waals surface area (Å²) >= 11 is 5.63. The van der Waals surface area contributed by atoms with E-state index < -0.39 is 22.7 Å². The summed E-state index contributed by atoms with van der Waals surface area (Å²) in [5, 5.41) is -0.406. The van der Waals surface area contributed by atoms with Crippen LogP contribution in [-0.2, 0) is 6.18 Å². The summed E-state index contributed by atoms with van der Waals surface area (Å²) in [6.45, 7) is 3.51. The van der Waals surface area contributed by atoms with E-state index in [9.17, 15) is 18.0 Å². The number of nitrogens with zero attached hydrogens (tertiary/aromatic N) is 2. The molecule has 7 heteroatoms. The maximum atomic E-state index is 13.0. The van der Waals surface area contributed by atoms with Crippen LogP contribution in [0, 0.1) is 0 Å². The molecule has 1 unspecified atom stereocenters. The van der Waals surface area contributed by atoms with Gasteiger partial charge in [0, 0.05) is 36.9 Å². The standard InChI is InChI=1S/C19H18ClF3N2O/c1-13-12-24(9-10-25(13)15-5-3-2-4-6-15)18(26)14-7-8-17(20)16(11-14)19(21,22)23/h2-8,11,13H,9-10,12H2,1H3. The Balaban J connectivity index is 1.76. The first-order chi connectivity index (χ1) is 12.3. The predicted octanol–water partition coefficient (Wildman–Crippen LogP) is 4.71. The molecule has 0 radical (unpaired) electrons. The number of amides is 1. The van der Waals surface area contributed by atoms with Gasteiger partial charge in [0.2, 0.25) is 0 Å². The zero-order chi connectivity index (χ0) is 18.9. The van der Waals surface area contributed by atoms with E-state index in [1.807, 2.05) is 37.3 Å². The van der Waals surface area contributed by atoms with Crippen LogP contribution in [0.2, 0.25) is 5.02 Å². The average molecular weight is 383 g/mol. The summed E-state index contributed by atoms with van der Waals surface area (Å²) in [5.74, 6) is -0.410. The number of rotatable bonds is 2. The van der Waals surface area contributed by atoms with E-state index in [1.54, 1.807) is 4.90 Å². The molecule has 0 spiro atoms. The number of para-hydroxylation sites is 1. The molecule has 1 fully saturated rings. The monoisotopic (exact) mass is 382 g/mol. The van der Waals surface area contributed by atoms with Crippen LogP contribution in [0.15, 0.2) is 48.5 Å². The number of anilines is 1. The molecule has 3 nitrogen and oxygen atoms in total. The largest absolute Gasteiger partial charge is 0.417 e. The van der Waals surface area contributed by atoms with Gasteiger partial charge in [-0.1, -0.05) is 29.8 Å². The van der Waals surface area contributed by atoms with Gasteiger partial charge in [0.25, 0.3) is 5.91 Å². The van der Waals surface area contributed by atoms with Gasteiger partial charge in [-0.3, -0.25) is 4.79 Å². The molecule has 1 amide bonds. The van der Waals surface area contributed by atoms with Crippen LogP contribution in [0.25, 0.3) is 0 Å². The van der Waals surface area contributed by atoms with E-state index in [0.29, 0.717) is 19.6 Å². The molecule has 0 N–H and O–H groups in total. The van der Waals surface area contributed by atoms with Crippen molar-refractivity contribution in [3.05, 3.63) is 64.7 Å². The molecule has 1 aliphatic rings. The van der Waals surface area contributed by atoms with Crippen molar-refractivity contribution < 1.29 is 18.0 Å². The van der Waals surface area contributed by atoms with Gasteiger partial charge in [0.1, 0.15) is 0 Å². The normalized spacial score (nSPS) is 18.1. The number of hydrogen-bond acceptors (Lipinski definition) is 2. The van der Waals surface area contributed by atoms with Crippen LogP contribution in [0.1, 0.15) is 22.8 Å². The third-order valence-corrected chi connectivity index (χ3v) is 4.85. The second kappa shape index (κ2) is 7.19. The van der Waals surface area contributed by atoms with Crippen molar-refractivity contribution in [2.24, 2.45) is 0 Å². The first-order valence-corrected chi connectivity index (χ1v) is 8.63. The molecule has 0 aliphatic carbocycles. The van der Waals surface area contributed by atoms with Crippen molar-refractivity contribution in [3.63, 3.8) is 0 Å². The average Bonchev–Trinajstić information content (AvgIpc) is 2.61. The number of benzene rings is 2. The summed E-state index contributed by atoms with van der Waals surface area (Å²) < 4.78 is 39.1. The molecule has 26 heavy (non-hydrogen) atoms. The number of halogens is 4. The molecule has 138 valence electrons. The summed E-state index contributed by atoms with van der Waals surface area (Å²) in [5.41, 5.74) is 0.0843. The highest BCUT2D eigenvalue weighted by Gasteiger charge is 2.35. The van der Waals surface area contributed by atoms with E-state index in [1.165, 1.54) is 6.07 Å². The van der Waals surface area contributed by atoms with Gasteiger partial charge < -0.3 is 9.80 Å². The van der Waals surface area contributed by atoms with Crippen molar-refractivity contribution in [1.82, 2.24) is 4.90 Å². The van der Waals surface area contributed by atoms with Crippen molar-refractivity contribution in [3.8, 4) is 0 Å². The van der Waals surface area contributed by atoms with E-state index in [4.69, 9.17) is 11.6 Å². The lowest BCUT2D eigenvalue weighted by atomic mass is 10.1. The van der Waals surface area contributed by atoms with Crippen molar-refractivity contribution in [1.29, 1.82) is 0 Å². The second-order valence-corrected chi connectivity index (χ2v) is 6.73. The second-order valence-electron chi connectivity index (χ2n) is 6.32. The SMILES string of the molecule is CC1CN(C(=O)c2ccc(Cl)c(C(F)(F)F)c2)CCN1c1ccccc1. The summed E-state index contributed by atoms with van der Waals surface area (Å²) in [6, 6.07) is 13.2. The topological polar surface area (TPSA) is 23.6 Å². The smallest absolute Gasteiger partial charge is 0.365 e. The van der Waals surface area contributed by atoms with Gasteiger partial charge >= 0.3 is 6.18 Å². The van der Waals surface area contributed by atoms with Crippen molar-refractivity contribution >= 4 is 23.2 Å². The Kier molecular flexibility index (Phi) is 5.14. The lowest BCUT2D eigenvalue weighted by Crippen LogP contribution is -2.53. The van der Waals surface area contributed by atoms with Crippen LogP contribution >= 0.6 is 11.6 Å². The Labute approximate surface area is 155 Å². The number of piperazine rings is 1. The van der Waals surface area contributed by atoms with E-state index in [0.717, 1.165) is 17.8 Å². The summed E-state index contributed by atoms with van der Waals surface area (Å²) in [4.78, 5) is 16.5. The zero-order valence-electron chi connectivity index (χ0n) is 14.1. The van der Waals surface area contributed by atoms with Crippen molar-refractivity contribution in [2.45, 2.75) is 19.1 Å². The van der Waals surface area contributed by atoms with Crippen molar-refractivity contribution in [2.75, 3.05) is 24.5 Å². The Morgan fingerprint density at radius 3 is 2.42 bits per heavy atom. The Morgan fingerprint density at radius 1 is 1.12 bits per heavy atom. The Morgan fingerprint density at radius 2 is 1.81 bits per heavy atom. The Bertz CT molecular complexity index is 795. The molecule has 1 saturated heterocycles. The summed E-state index contributed by atoms with van der Waals surface area (Å²) in [6.07, 6.45) is -4.59. The van der Waals surface area contributed by atoms with Gasteiger partial charge in [0.05, 0.1) is 10.6 Å². The molecule has 2 aromatic rings. The maximum Gasteiger partial charge on any atom is 0.417 e. The number of alkyl halides is 3. The van der Waals surface area contributed by atoms with Crippen LogP contribution in [0.3, 0.4) is 0 Å². The minimum atomic E-state index is -4.59. The van der Waals surface area contributed by atoms with Gasteiger partial charge in [-0.2, -0.15) is 13.2 Å². The molecule has 3 rings (SSSR count). The van der Waals surface area contributed by atoms with E-state index in [2.05, 4.69) is 4.90 Å². The highest BCUT2D eigenvalue weighted by molar-refractivity contribution is 6.31. The first-order valence-electron chi connectivity index (χ1n) is 8.25. The molecule has 0 bridgehead atoms. The third-order valence-electron chi connectivity index (χ3n) is 4.52. The lowest BCUT2D eigenvalue weighted by molar-refractivity contribution is -0.137. The Hall–Kier alpha value is -2.21. The molecular formula is C19H18ClF3N2O. The molecule has 1 heterocycles. The first kappa shape index (κ1) is 18.6. The molecule has 1 aliphatic heterocycles. The fourth-order valence-electron chi connectivity index (χ4n) is 3.20. The van der Waals surface area contributed by atoms with Crippen LogP contribution in [0.4, 0.5) is 18.9 Å². The number of hydrogen-bond donors (Lipinski definition) is 0. The molecule has 2 aromatic carbocycles. The van der Waals surface area contributed by atoms with Crippen LogP contribution < -0.4 is 4.90 Å². The molecular weight excluding hydrogens is 365 g/mol. The fraction of sp³-hybridized carbons (Fsp3) is 0.316. The third kappa shape index (κ3) is 3.80. The van der Waals surface area contributed by atoms with Gasteiger partial charge in [0.15, 0.2) is 0 Å². The van der Waals surface area contributed by atoms with Gasteiger partial charge in [-0.25, -0.2) is 0 Å². The van der Waals surface area contributed by atoms with Crippen LogP contribution in [0.5, 0.6) is 0 Å². The fourth-order valence-corrected chi connectivity index (χ4v) is 3.43. The zero-order valence-corrected chi connectivity index (χ0v) is 14.9. The maximum absolute atomic E-state index is 13.0. The van der Waals surface area contributed by atoms with E-state index in [-0.39, 0.29) is 11.6 Å². The molecule has 1 atom stereocenters. The van der Waals surface area contributed by atoms with Gasteiger partial charge in [-0.05, 0) is 37.3 Å². The predicted molar refractivity (Wildman–Crippen MR) is 95.6 cm³/mol. The lowest BCUT2D eigenvalue weighted by Gasteiger charge is -2.41. The quantitative estimate of drug-likeness (QED) is 0.751. The van der Waals surface area contributed by atoms with Gasteiger partial charge in [-0.15, -0.1) is 0 Å².